The maximum absolute atomic E-state index is 13.1. The molecule has 3 heterocycles. The Morgan fingerprint density at radius 1 is 1.18 bits per heavy atom. The Hall–Kier alpha value is -1.54. The fourth-order valence-corrected chi connectivity index (χ4v) is 3.86. The summed E-state index contributed by atoms with van der Waals surface area (Å²) in [6.45, 7) is 6.43. The molecule has 2 aliphatic rings. The number of halogens is 2. The number of fused-ring (bicyclic) bond motifs is 1. The van der Waals surface area contributed by atoms with Crippen LogP contribution in [-0.2, 0) is 9.53 Å². The molecule has 0 radical (unpaired) electrons. The number of aryl methyl sites for hydroxylation is 1. The van der Waals surface area contributed by atoms with E-state index in [2.05, 4.69) is 9.88 Å². The number of carbonyl (C=O) groups is 1. The van der Waals surface area contributed by atoms with E-state index in [9.17, 15) is 4.79 Å². The van der Waals surface area contributed by atoms with Gasteiger partial charge in [-0.25, -0.2) is 0 Å². The Morgan fingerprint density at radius 3 is 2.50 bits per heavy atom. The summed E-state index contributed by atoms with van der Waals surface area (Å²) in [5.74, 6) is 0.177. The van der Waals surface area contributed by atoms with Crippen molar-refractivity contribution in [2.45, 2.75) is 19.8 Å². The SMILES string of the molecule is Cc1ccc2oc(N3CCN(C(=O)C4(CN)CCOCC4)CC3)nc2c1.Cl.Cl. The van der Waals surface area contributed by atoms with Gasteiger partial charge in [0.25, 0.3) is 6.01 Å². The van der Waals surface area contributed by atoms with Crippen LogP contribution in [-0.4, -0.2) is 61.7 Å². The summed E-state index contributed by atoms with van der Waals surface area (Å²) in [6, 6.07) is 6.64. The van der Waals surface area contributed by atoms with E-state index in [0.717, 1.165) is 16.7 Å². The van der Waals surface area contributed by atoms with Gasteiger partial charge in [0.15, 0.2) is 5.58 Å². The third-order valence-electron chi connectivity index (χ3n) is 5.66. The van der Waals surface area contributed by atoms with Crippen LogP contribution in [0.15, 0.2) is 22.6 Å². The largest absolute Gasteiger partial charge is 0.423 e. The second-order valence-corrected chi connectivity index (χ2v) is 7.34. The molecule has 1 aromatic heterocycles. The van der Waals surface area contributed by atoms with Crippen LogP contribution >= 0.6 is 24.8 Å². The van der Waals surface area contributed by atoms with Gasteiger partial charge in [0, 0.05) is 45.9 Å². The highest BCUT2D eigenvalue weighted by Gasteiger charge is 2.42. The molecule has 2 N–H and O–H groups in total. The Bertz CT molecular complexity index is 800. The highest BCUT2D eigenvalue weighted by atomic mass is 35.5. The maximum atomic E-state index is 13.1. The quantitative estimate of drug-likeness (QED) is 0.804. The molecule has 2 saturated heterocycles. The molecule has 1 aromatic carbocycles. The number of aromatic nitrogens is 1. The number of hydrogen-bond donors (Lipinski definition) is 1. The van der Waals surface area contributed by atoms with Gasteiger partial charge in [-0.1, -0.05) is 6.07 Å². The number of oxazole rings is 1. The predicted molar refractivity (Wildman–Crippen MR) is 114 cm³/mol. The van der Waals surface area contributed by atoms with E-state index in [-0.39, 0.29) is 30.7 Å². The number of nitrogens with two attached hydrogens (primary N) is 1. The Balaban J connectivity index is 0.00000140. The molecule has 2 aromatic rings. The second kappa shape index (κ2) is 9.31. The first-order valence-electron chi connectivity index (χ1n) is 9.31. The lowest BCUT2D eigenvalue weighted by atomic mass is 9.78. The molecule has 0 atom stereocenters. The number of carbonyl (C=O) groups excluding carboxylic acids is 1. The van der Waals surface area contributed by atoms with E-state index in [0.29, 0.717) is 64.8 Å². The van der Waals surface area contributed by atoms with E-state index in [1.165, 1.54) is 0 Å². The average molecular weight is 431 g/mol. The maximum Gasteiger partial charge on any atom is 0.298 e. The van der Waals surface area contributed by atoms with Gasteiger partial charge in [0.2, 0.25) is 5.91 Å². The van der Waals surface area contributed by atoms with Crippen LogP contribution in [0.5, 0.6) is 0 Å². The van der Waals surface area contributed by atoms with Crippen LogP contribution in [0.2, 0.25) is 0 Å². The number of rotatable bonds is 3. The van der Waals surface area contributed by atoms with Gasteiger partial charge in [-0.3, -0.25) is 4.79 Å². The highest BCUT2D eigenvalue weighted by molar-refractivity contribution is 5.85. The molecule has 0 spiro atoms. The molecule has 156 valence electrons. The minimum atomic E-state index is -0.449. The molecule has 0 saturated carbocycles. The van der Waals surface area contributed by atoms with Crippen molar-refractivity contribution in [2.75, 3.05) is 50.8 Å². The zero-order valence-electron chi connectivity index (χ0n) is 16.1. The highest BCUT2D eigenvalue weighted by Crippen LogP contribution is 2.32. The molecule has 0 unspecified atom stereocenters. The van der Waals surface area contributed by atoms with Gasteiger partial charge < -0.3 is 24.7 Å². The lowest BCUT2D eigenvalue weighted by molar-refractivity contribution is -0.147. The van der Waals surface area contributed by atoms with Crippen LogP contribution in [0.25, 0.3) is 11.1 Å². The van der Waals surface area contributed by atoms with Crippen molar-refractivity contribution in [3.63, 3.8) is 0 Å². The molecule has 9 heteroatoms. The summed E-state index contributed by atoms with van der Waals surface area (Å²) >= 11 is 0. The van der Waals surface area contributed by atoms with Crippen LogP contribution in [0.3, 0.4) is 0 Å². The van der Waals surface area contributed by atoms with Gasteiger partial charge in [-0.15, -0.1) is 24.8 Å². The van der Waals surface area contributed by atoms with Crippen molar-refractivity contribution in [2.24, 2.45) is 11.1 Å². The number of hydrogen-bond acceptors (Lipinski definition) is 6. The zero-order chi connectivity index (χ0) is 18.1. The summed E-state index contributed by atoms with van der Waals surface area (Å²) in [4.78, 5) is 21.7. The van der Waals surface area contributed by atoms with E-state index in [1.54, 1.807) is 0 Å². The minimum Gasteiger partial charge on any atom is -0.423 e. The molecule has 0 aliphatic carbocycles. The molecular weight excluding hydrogens is 403 g/mol. The molecule has 0 bridgehead atoms. The van der Waals surface area contributed by atoms with Crippen molar-refractivity contribution in [1.82, 2.24) is 9.88 Å². The molecule has 1 amide bonds. The number of piperazine rings is 1. The first-order valence-corrected chi connectivity index (χ1v) is 9.31. The molecule has 2 fully saturated rings. The van der Waals surface area contributed by atoms with Gasteiger partial charge in [-0.05, 0) is 37.5 Å². The Kier molecular flexibility index (Phi) is 7.56. The van der Waals surface area contributed by atoms with E-state index < -0.39 is 5.41 Å². The van der Waals surface area contributed by atoms with Crippen molar-refractivity contribution in [3.8, 4) is 0 Å². The zero-order valence-corrected chi connectivity index (χ0v) is 17.7. The Labute approximate surface area is 177 Å². The molecule has 4 rings (SSSR count). The summed E-state index contributed by atoms with van der Waals surface area (Å²) in [5.41, 5.74) is 8.37. The van der Waals surface area contributed by atoms with E-state index in [4.69, 9.17) is 14.9 Å². The van der Waals surface area contributed by atoms with Crippen molar-refractivity contribution >= 4 is 47.8 Å². The van der Waals surface area contributed by atoms with Crippen LogP contribution < -0.4 is 10.6 Å². The molecule has 7 nitrogen and oxygen atoms in total. The summed E-state index contributed by atoms with van der Waals surface area (Å²) in [5, 5.41) is 0. The number of nitrogens with zero attached hydrogens (tertiary/aromatic N) is 3. The lowest BCUT2D eigenvalue weighted by Crippen LogP contribution is -2.56. The molecular formula is C19H28Cl2N4O3. The summed E-state index contributed by atoms with van der Waals surface area (Å²) in [7, 11) is 0. The molecule has 28 heavy (non-hydrogen) atoms. The van der Waals surface area contributed by atoms with Gasteiger partial charge in [-0.2, -0.15) is 4.98 Å². The van der Waals surface area contributed by atoms with Gasteiger partial charge in [0.1, 0.15) is 5.52 Å². The Morgan fingerprint density at radius 2 is 1.86 bits per heavy atom. The van der Waals surface area contributed by atoms with Crippen molar-refractivity contribution in [1.29, 1.82) is 0 Å². The fourth-order valence-electron chi connectivity index (χ4n) is 3.86. The van der Waals surface area contributed by atoms with Crippen LogP contribution in [0, 0.1) is 12.3 Å². The number of benzene rings is 1. The van der Waals surface area contributed by atoms with Gasteiger partial charge in [0.05, 0.1) is 5.41 Å². The number of anilines is 1. The monoisotopic (exact) mass is 430 g/mol. The normalized spacial score (nSPS) is 19.1. The lowest BCUT2D eigenvalue weighted by Gasteiger charge is -2.42. The first kappa shape index (κ1) is 22.7. The first-order chi connectivity index (χ1) is 12.6. The molecule has 2 aliphatic heterocycles. The van der Waals surface area contributed by atoms with Crippen molar-refractivity contribution < 1.29 is 13.9 Å². The second-order valence-electron chi connectivity index (χ2n) is 7.34. The van der Waals surface area contributed by atoms with E-state index in [1.807, 2.05) is 30.0 Å². The third-order valence-corrected chi connectivity index (χ3v) is 5.66. The van der Waals surface area contributed by atoms with Crippen molar-refractivity contribution in [3.05, 3.63) is 23.8 Å². The van der Waals surface area contributed by atoms with Crippen LogP contribution in [0.1, 0.15) is 18.4 Å². The summed E-state index contributed by atoms with van der Waals surface area (Å²) < 4.78 is 11.3. The number of ether oxygens (including phenoxy) is 1. The minimum absolute atomic E-state index is 0. The van der Waals surface area contributed by atoms with Gasteiger partial charge >= 0.3 is 0 Å². The smallest absolute Gasteiger partial charge is 0.298 e. The average Bonchev–Trinajstić information content (AvgIpc) is 3.11. The fraction of sp³-hybridized carbons (Fsp3) is 0.579. The summed E-state index contributed by atoms with van der Waals surface area (Å²) in [6.07, 6.45) is 1.43. The van der Waals surface area contributed by atoms with E-state index >= 15 is 0 Å². The predicted octanol–water partition coefficient (Wildman–Crippen LogP) is 2.38. The van der Waals surface area contributed by atoms with Crippen LogP contribution in [0.4, 0.5) is 6.01 Å². The standard InChI is InChI=1S/C19H26N4O3.2ClH/c1-14-2-3-16-15(12-14)21-18(26-16)23-8-6-22(7-9-23)17(24)19(13-20)4-10-25-11-5-19;;/h2-3,12H,4-11,13,20H2,1H3;2*1H. The topological polar surface area (TPSA) is 84.8 Å². The third kappa shape index (κ3) is 4.22. The number of amides is 1.